The second-order valence-electron chi connectivity index (χ2n) is 9.45. The summed E-state index contributed by atoms with van der Waals surface area (Å²) in [4.78, 5) is 12.4. The summed E-state index contributed by atoms with van der Waals surface area (Å²) < 4.78 is 9.15. The lowest BCUT2D eigenvalue weighted by Crippen LogP contribution is -2.35. The van der Waals surface area contributed by atoms with E-state index in [1.165, 1.54) is 11.1 Å². The molecule has 0 spiro atoms. The van der Waals surface area contributed by atoms with Gasteiger partial charge in [-0.3, -0.25) is 14.6 Å². The number of pyridine rings is 1. The van der Waals surface area contributed by atoms with Crippen LogP contribution < -0.4 is 0 Å². The number of benzene rings is 2. The number of morpholine rings is 1. The molecule has 5 aromatic rings. The lowest BCUT2D eigenvalue weighted by Gasteiger charge is -2.26. The van der Waals surface area contributed by atoms with Crippen LogP contribution in [0.1, 0.15) is 16.8 Å². The Morgan fingerprint density at radius 2 is 1.83 bits per heavy atom. The zero-order valence-electron chi connectivity index (χ0n) is 20.8. The number of rotatable bonds is 5. The first kappa shape index (κ1) is 22.6. The smallest absolute Gasteiger partial charge is 0.182 e. The molecule has 0 amide bonds. The average Bonchev–Trinajstić information content (AvgIpc) is 3.51. The molecule has 0 unspecified atom stereocenters. The highest BCUT2D eigenvalue weighted by molar-refractivity contribution is 5.84. The maximum Gasteiger partial charge on any atom is 0.182 e. The largest absolute Gasteiger partial charge is 0.379 e. The van der Waals surface area contributed by atoms with Gasteiger partial charge in [-0.15, -0.1) is 5.10 Å². The molecular formula is C28H29N7O. The van der Waals surface area contributed by atoms with Crippen molar-refractivity contribution >= 4 is 10.9 Å². The van der Waals surface area contributed by atoms with Crippen molar-refractivity contribution in [1.82, 2.24) is 34.4 Å². The molecule has 0 radical (unpaired) electrons. The zero-order chi connectivity index (χ0) is 24.6. The standard InChI is InChI=1S/C28H29N7O/c1-19-7-8-26-23(13-19)15-25(20(2)30-26)28-31-27(32-35(28)24-16-29-33(3)18-24)22-6-4-5-21(14-22)17-34-9-11-36-12-10-34/h4-8,13-16,18H,9-12,17H2,1-3H3. The summed E-state index contributed by atoms with van der Waals surface area (Å²) in [5.41, 5.74) is 7.15. The summed E-state index contributed by atoms with van der Waals surface area (Å²) >= 11 is 0. The van der Waals surface area contributed by atoms with Crippen molar-refractivity contribution in [3.63, 3.8) is 0 Å². The third kappa shape index (κ3) is 4.41. The topological polar surface area (TPSA) is 73.9 Å². The Hall–Kier alpha value is -3.88. The lowest BCUT2D eigenvalue weighted by atomic mass is 10.1. The molecule has 1 fully saturated rings. The third-order valence-electron chi connectivity index (χ3n) is 6.64. The van der Waals surface area contributed by atoms with Crippen LogP contribution in [0.15, 0.2) is 60.9 Å². The molecule has 1 saturated heterocycles. The van der Waals surface area contributed by atoms with Gasteiger partial charge in [0.15, 0.2) is 11.6 Å². The summed E-state index contributed by atoms with van der Waals surface area (Å²) in [7, 11) is 1.90. The van der Waals surface area contributed by atoms with E-state index in [-0.39, 0.29) is 0 Å². The van der Waals surface area contributed by atoms with Gasteiger partial charge in [-0.2, -0.15) is 5.10 Å². The highest BCUT2D eigenvalue weighted by atomic mass is 16.5. The zero-order valence-corrected chi connectivity index (χ0v) is 20.8. The molecule has 182 valence electrons. The van der Waals surface area contributed by atoms with Gasteiger partial charge >= 0.3 is 0 Å². The molecule has 0 saturated carbocycles. The SMILES string of the molecule is Cc1ccc2nc(C)c(-c3nc(-c4cccc(CN5CCOCC5)c4)nn3-c3cnn(C)c3)cc2c1. The quantitative estimate of drug-likeness (QED) is 0.374. The number of hydrogen-bond donors (Lipinski definition) is 0. The Labute approximate surface area is 210 Å². The van der Waals surface area contributed by atoms with E-state index in [4.69, 9.17) is 19.8 Å². The van der Waals surface area contributed by atoms with Crippen molar-refractivity contribution in [3.8, 4) is 28.5 Å². The van der Waals surface area contributed by atoms with Crippen LogP contribution in [0, 0.1) is 13.8 Å². The average molecular weight is 480 g/mol. The van der Waals surface area contributed by atoms with Crippen molar-refractivity contribution in [2.45, 2.75) is 20.4 Å². The fourth-order valence-electron chi connectivity index (χ4n) is 4.75. The van der Waals surface area contributed by atoms with Crippen LogP contribution in [0.4, 0.5) is 0 Å². The van der Waals surface area contributed by atoms with E-state index >= 15 is 0 Å². The van der Waals surface area contributed by atoms with E-state index in [9.17, 15) is 0 Å². The summed E-state index contributed by atoms with van der Waals surface area (Å²) in [6, 6.07) is 17.0. The number of nitrogens with zero attached hydrogens (tertiary/aromatic N) is 7. The molecule has 1 aliphatic rings. The van der Waals surface area contributed by atoms with Crippen molar-refractivity contribution in [3.05, 3.63) is 77.7 Å². The molecule has 36 heavy (non-hydrogen) atoms. The highest BCUT2D eigenvalue weighted by Gasteiger charge is 2.19. The van der Waals surface area contributed by atoms with Gasteiger partial charge in [0.25, 0.3) is 0 Å². The predicted molar refractivity (Wildman–Crippen MR) is 140 cm³/mol. The Bertz CT molecular complexity index is 1550. The van der Waals surface area contributed by atoms with Crippen LogP contribution >= 0.6 is 0 Å². The minimum absolute atomic E-state index is 0.682. The van der Waals surface area contributed by atoms with E-state index in [1.54, 1.807) is 4.68 Å². The molecule has 0 bridgehead atoms. The molecule has 8 nitrogen and oxygen atoms in total. The van der Waals surface area contributed by atoms with Crippen molar-refractivity contribution < 1.29 is 4.74 Å². The second kappa shape index (κ2) is 9.29. The minimum Gasteiger partial charge on any atom is -0.379 e. The number of aryl methyl sites for hydroxylation is 3. The normalized spacial score (nSPS) is 14.5. The minimum atomic E-state index is 0.682. The number of hydrogen-bond acceptors (Lipinski definition) is 6. The Morgan fingerprint density at radius 1 is 0.972 bits per heavy atom. The Balaban J connectivity index is 1.45. The van der Waals surface area contributed by atoms with E-state index in [0.717, 1.165) is 72.1 Å². The van der Waals surface area contributed by atoms with Crippen LogP contribution in [0.3, 0.4) is 0 Å². The Morgan fingerprint density at radius 3 is 2.64 bits per heavy atom. The molecule has 8 heteroatoms. The first-order valence-corrected chi connectivity index (χ1v) is 12.3. The summed E-state index contributed by atoms with van der Waals surface area (Å²) in [5.74, 6) is 1.44. The van der Waals surface area contributed by atoms with Gasteiger partial charge in [0.1, 0.15) is 5.69 Å². The number of ether oxygens (including phenoxy) is 1. The van der Waals surface area contributed by atoms with E-state index in [1.807, 2.05) is 31.0 Å². The fraction of sp³-hybridized carbons (Fsp3) is 0.286. The molecular weight excluding hydrogens is 450 g/mol. The van der Waals surface area contributed by atoms with Crippen LogP contribution in [-0.4, -0.2) is 60.7 Å². The molecule has 0 atom stereocenters. The van der Waals surface area contributed by atoms with E-state index < -0.39 is 0 Å². The van der Waals surface area contributed by atoms with Gasteiger partial charge < -0.3 is 4.74 Å². The monoisotopic (exact) mass is 479 g/mol. The predicted octanol–water partition coefficient (Wildman–Crippen LogP) is 4.33. The molecule has 0 aliphatic carbocycles. The van der Waals surface area contributed by atoms with Gasteiger partial charge in [0, 0.05) is 48.9 Å². The highest BCUT2D eigenvalue weighted by Crippen LogP contribution is 2.30. The fourth-order valence-corrected chi connectivity index (χ4v) is 4.75. The number of aromatic nitrogens is 6. The first-order valence-electron chi connectivity index (χ1n) is 12.3. The van der Waals surface area contributed by atoms with Crippen molar-refractivity contribution in [2.24, 2.45) is 7.05 Å². The van der Waals surface area contributed by atoms with Crippen molar-refractivity contribution in [1.29, 1.82) is 0 Å². The summed E-state index contributed by atoms with van der Waals surface area (Å²) in [6.45, 7) is 8.50. The molecule has 0 N–H and O–H groups in total. The maximum atomic E-state index is 5.50. The number of fused-ring (bicyclic) bond motifs is 1. The maximum absolute atomic E-state index is 5.50. The van der Waals surface area contributed by atoms with Crippen LogP contribution in [-0.2, 0) is 18.3 Å². The molecule has 3 aromatic heterocycles. The molecule has 6 rings (SSSR count). The van der Waals surface area contributed by atoms with Gasteiger partial charge in [-0.25, -0.2) is 9.67 Å². The summed E-state index contributed by atoms with van der Waals surface area (Å²) in [5, 5.41) is 10.4. The Kier molecular flexibility index (Phi) is 5.83. The van der Waals surface area contributed by atoms with E-state index in [0.29, 0.717) is 5.82 Å². The van der Waals surface area contributed by atoms with Gasteiger partial charge in [-0.1, -0.05) is 29.8 Å². The van der Waals surface area contributed by atoms with Crippen LogP contribution in [0.5, 0.6) is 0 Å². The van der Waals surface area contributed by atoms with Gasteiger partial charge in [-0.05, 0) is 43.7 Å². The van der Waals surface area contributed by atoms with Crippen LogP contribution in [0.25, 0.3) is 39.4 Å². The molecule has 1 aliphatic heterocycles. The second-order valence-corrected chi connectivity index (χ2v) is 9.45. The van der Waals surface area contributed by atoms with E-state index in [2.05, 4.69) is 65.5 Å². The van der Waals surface area contributed by atoms with Crippen molar-refractivity contribution in [2.75, 3.05) is 26.3 Å². The lowest BCUT2D eigenvalue weighted by molar-refractivity contribution is 0.0342. The summed E-state index contributed by atoms with van der Waals surface area (Å²) in [6.07, 6.45) is 3.76. The van der Waals surface area contributed by atoms with Gasteiger partial charge in [0.2, 0.25) is 0 Å². The molecule has 2 aromatic carbocycles. The molecule has 4 heterocycles. The third-order valence-corrected chi connectivity index (χ3v) is 6.64. The van der Waals surface area contributed by atoms with Gasteiger partial charge in [0.05, 0.1) is 31.1 Å². The van der Waals surface area contributed by atoms with Crippen LogP contribution in [0.2, 0.25) is 0 Å². The first-order chi connectivity index (χ1) is 17.5.